The van der Waals surface area contributed by atoms with Crippen LogP contribution in [-0.2, 0) is 0 Å². The largest absolute Gasteiger partial charge is 0.395 e. The van der Waals surface area contributed by atoms with Gasteiger partial charge in [0.2, 0.25) is 0 Å². The number of aliphatic hydroxyl groups is 1. The minimum absolute atomic E-state index is 0.00149. The number of hydrogen-bond donors (Lipinski definition) is 3. The number of carbonyl (C=O) groups excluding carboxylic acids is 1. The molecule has 0 bridgehead atoms. The first-order valence-electron chi connectivity index (χ1n) is 6.03. The Labute approximate surface area is 115 Å². The Morgan fingerprint density at radius 2 is 2.37 bits per heavy atom. The molecular formula is C13H17N3O2S. The zero-order chi connectivity index (χ0) is 13.8. The van der Waals surface area contributed by atoms with E-state index in [-0.39, 0.29) is 23.8 Å². The molecule has 0 saturated carbocycles. The Bertz CT molecular complexity index is 566. The molecule has 0 aliphatic carbocycles. The summed E-state index contributed by atoms with van der Waals surface area (Å²) in [5, 5.41) is 19.8. The molecule has 5 nitrogen and oxygen atoms in total. The van der Waals surface area contributed by atoms with Crippen molar-refractivity contribution >= 4 is 28.6 Å². The summed E-state index contributed by atoms with van der Waals surface area (Å²) < 4.78 is 0. The average Bonchev–Trinajstić information content (AvgIpc) is 2.87. The van der Waals surface area contributed by atoms with Gasteiger partial charge in [0, 0.05) is 22.2 Å². The van der Waals surface area contributed by atoms with Crippen LogP contribution in [0.25, 0.3) is 10.9 Å². The summed E-state index contributed by atoms with van der Waals surface area (Å²) in [5.74, 6) is -0.136. The van der Waals surface area contributed by atoms with Gasteiger partial charge in [-0.2, -0.15) is 16.9 Å². The van der Waals surface area contributed by atoms with Crippen molar-refractivity contribution in [3.8, 4) is 0 Å². The average molecular weight is 279 g/mol. The van der Waals surface area contributed by atoms with Crippen molar-refractivity contribution in [3.05, 3.63) is 30.0 Å². The maximum absolute atomic E-state index is 12.1. The van der Waals surface area contributed by atoms with Gasteiger partial charge in [0.25, 0.3) is 5.91 Å². The first-order valence-corrected chi connectivity index (χ1v) is 7.32. The number of aliphatic hydroxyl groups excluding tert-OH is 1. The lowest BCUT2D eigenvalue weighted by Gasteiger charge is -2.21. The third kappa shape index (κ3) is 3.08. The molecule has 2 rings (SSSR count). The second-order valence-electron chi connectivity index (χ2n) is 4.39. The molecule has 0 radical (unpaired) electrons. The van der Waals surface area contributed by atoms with E-state index < -0.39 is 0 Å². The lowest BCUT2D eigenvalue weighted by Crippen LogP contribution is -2.41. The van der Waals surface area contributed by atoms with E-state index in [9.17, 15) is 9.90 Å². The van der Waals surface area contributed by atoms with Crippen LogP contribution >= 0.6 is 11.8 Å². The Balaban J connectivity index is 2.10. The number of benzene rings is 1. The van der Waals surface area contributed by atoms with Gasteiger partial charge in [-0.1, -0.05) is 0 Å². The molecule has 0 aliphatic rings. The number of aromatic amines is 1. The molecule has 0 spiro atoms. The third-order valence-electron chi connectivity index (χ3n) is 3.10. The molecular weight excluding hydrogens is 262 g/mol. The van der Waals surface area contributed by atoms with E-state index in [1.807, 2.05) is 19.2 Å². The molecule has 1 aromatic heterocycles. The second kappa shape index (κ2) is 6.08. The molecule has 0 fully saturated rings. The van der Waals surface area contributed by atoms with Crippen LogP contribution in [0.2, 0.25) is 0 Å². The van der Waals surface area contributed by atoms with Crippen molar-refractivity contribution in [1.82, 2.24) is 15.5 Å². The normalized spacial score (nSPS) is 14.3. The highest BCUT2D eigenvalue weighted by molar-refractivity contribution is 7.99. The molecule has 3 N–H and O–H groups in total. The molecule has 1 heterocycles. The van der Waals surface area contributed by atoms with Gasteiger partial charge in [0.05, 0.1) is 18.3 Å². The number of amides is 1. The van der Waals surface area contributed by atoms with E-state index in [1.165, 1.54) is 11.8 Å². The lowest BCUT2D eigenvalue weighted by atomic mass is 10.1. The summed E-state index contributed by atoms with van der Waals surface area (Å²) in [6, 6.07) is 5.30. The number of rotatable bonds is 5. The quantitative estimate of drug-likeness (QED) is 0.773. The lowest BCUT2D eigenvalue weighted by molar-refractivity contribution is 0.0936. The standard InChI is InChI=1S/C13H17N3O2S/c1-8(12(7-17)19-2)15-13(18)9-3-4-11-10(5-9)6-14-16-11/h3-6,8,12,17H,7H2,1-2H3,(H,14,16)(H,15,18). The summed E-state index contributed by atoms with van der Waals surface area (Å²) >= 11 is 1.54. The Morgan fingerprint density at radius 1 is 1.58 bits per heavy atom. The zero-order valence-corrected chi connectivity index (χ0v) is 11.7. The van der Waals surface area contributed by atoms with Crippen LogP contribution in [0.3, 0.4) is 0 Å². The topological polar surface area (TPSA) is 78.0 Å². The number of H-pyrrole nitrogens is 1. The summed E-state index contributed by atoms with van der Waals surface area (Å²) in [5.41, 5.74) is 1.50. The minimum atomic E-state index is -0.136. The van der Waals surface area contributed by atoms with Gasteiger partial charge in [-0.3, -0.25) is 9.89 Å². The summed E-state index contributed by atoms with van der Waals surface area (Å²) in [7, 11) is 0. The molecule has 2 aromatic rings. The summed E-state index contributed by atoms with van der Waals surface area (Å²) in [6.07, 6.45) is 3.61. The smallest absolute Gasteiger partial charge is 0.251 e. The van der Waals surface area contributed by atoms with Crippen molar-refractivity contribution in [2.45, 2.75) is 18.2 Å². The number of nitrogens with one attached hydrogen (secondary N) is 2. The Morgan fingerprint density at radius 3 is 3.05 bits per heavy atom. The first-order chi connectivity index (χ1) is 9.15. The molecule has 6 heteroatoms. The zero-order valence-electron chi connectivity index (χ0n) is 10.9. The van der Waals surface area contributed by atoms with Crippen molar-refractivity contribution < 1.29 is 9.90 Å². The van der Waals surface area contributed by atoms with E-state index in [0.717, 1.165) is 10.9 Å². The van der Waals surface area contributed by atoms with Gasteiger partial charge in [0.15, 0.2) is 0 Å². The maximum atomic E-state index is 12.1. The van der Waals surface area contributed by atoms with Crippen molar-refractivity contribution in [3.63, 3.8) is 0 Å². The highest BCUT2D eigenvalue weighted by Crippen LogP contribution is 2.14. The summed E-state index contributed by atoms with van der Waals surface area (Å²) in [4.78, 5) is 12.1. The van der Waals surface area contributed by atoms with E-state index >= 15 is 0 Å². The molecule has 0 aliphatic heterocycles. The minimum Gasteiger partial charge on any atom is -0.395 e. The highest BCUT2D eigenvalue weighted by Gasteiger charge is 2.18. The van der Waals surface area contributed by atoms with Gasteiger partial charge in [-0.05, 0) is 31.4 Å². The molecule has 19 heavy (non-hydrogen) atoms. The number of thioether (sulfide) groups is 1. The highest BCUT2D eigenvalue weighted by atomic mass is 32.2. The fraction of sp³-hybridized carbons (Fsp3) is 0.385. The number of nitrogens with zero attached hydrogens (tertiary/aromatic N) is 1. The van der Waals surface area contributed by atoms with E-state index in [0.29, 0.717) is 5.56 Å². The molecule has 2 unspecified atom stereocenters. The second-order valence-corrected chi connectivity index (χ2v) is 5.47. The summed E-state index contributed by atoms with van der Waals surface area (Å²) in [6.45, 7) is 1.94. The number of hydrogen-bond acceptors (Lipinski definition) is 4. The number of aromatic nitrogens is 2. The molecule has 102 valence electrons. The van der Waals surface area contributed by atoms with Crippen LogP contribution < -0.4 is 5.32 Å². The predicted molar refractivity (Wildman–Crippen MR) is 77.4 cm³/mol. The monoisotopic (exact) mass is 279 g/mol. The van der Waals surface area contributed by atoms with Gasteiger partial charge in [-0.15, -0.1) is 0 Å². The molecule has 1 aromatic carbocycles. The fourth-order valence-electron chi connectivity index (χ4n) is 1.90. The Kier molecular flexibility index (Phi) is 4.44. The van der Waals surface area contributed by atoms with Gasteiger partial charge < -0.3 is 10.4 Å². The molecule has 1 amide bonds. The van der Waals surface area contributed by atoms with Crippen LogP contribution in [0, 0.1) is 0 Å². The van der Waals surface area contributed by atoms with Gasteiger partial charge in [-0.25, -0.2) is 0 Å². The Hall–Kier alpha value is -1.53. The van der Waals surface area contributed by atoms with Gasteiger partial charge >= 0.3 is 0 Å². The van der Waals surface area contributed by atoms with Crippen LogP contribution in [0.1, 0.15) is 17.3 Å². The predicted octanol–water partition coefficient (Wildman–Crippen LogP) is 1.41. The maximum Gasteiger partial charge on any atom is 0.251 e. The van der Waals surface area contributed by atoms with E-state index in [2.05, 4.69) is 15.5 Å². The fourth-order valence-corrected chi connectivity index (χ4v) is 2.53. The number of carbonyl (C=O) groups is 1. The molecule has 2 atom stereocenters. The van der Waals surface area contributed by atoms with Crippen LogP contribution in [0.15, 0.2) is 24.4 Å². The number of fused-ring (bicyclic) bond motifs is 1. The van der Waals surface area contributed by atoms with Crippen molar-refractivity contribution in [2.75, 3.05) is 12.9 Å². The van der Waals surface area contributed by atoms with Crippen LogP contribution in [-0.4, -0.2) is 45.4 Å². The van der Waals surface area contributed by atoms with Crippen LogP contribution in [0.4, 0.5) is 0 Å². The first kappa shape index (κ1) is 13.9. The van der Waals surface area contributed by atoms with Crippen LogP contribution in [0.5, 0.6) is 0 Å². The van der Waals surface area contributed by atoms with Gasteiger partial charge in [0.1, 0.15) is 0 Å². The van der Waals surface area contributed by atoms with E-state index in [4.69, 9.17) is 0 Å². The van der Waals surface area contributed by atoms with Crippen molar-refractivity contribution in [2.24, 2.45) is 0 Å². The third-order valence-corrected chi connectivity index (χ3v) is 4.26. The SMILES string of the molecule is CSC(CO)C(C)NC(=O)c1ccc2[nH]ncc2c1. The van der Waals surface area contributed by atoms with Crippen molar-refractivity contribution in [1.29, 1.82) is 0 Å². The van der Waals surface area contributed by atoms with E-state index in [1.54, 1.807) is 18.3 Å². The molecule has 0 saturated heterocycles.